The minimum Gasteiger partial charge on any atom is -0.366 e. The van der Waals surface area contributed by atoms with E-state index in [-0.39, 0.29) is 0 Å². The van der Waals surface area contributed by atoms with Crippen LogP contribution in [0.15, 0.2) is 18.5 Å². The van der Waals surface area contributed by atoms with Crippen LogP contribution in [-0.2, 0) is 0 Å². The lowest BCUT2D eigenvalue weighted by molar-refractivity contribution is 0.0999. The summed E-state index contributed by atoms with van der Waals surface area (Å²) in [6.45, 7) is 0. The lowest BCUT2D eigenvalue weighted by atomic mass is 10.3. The van der Waals surface area contributed by atoms with Gasteiger partial charge in [-0.1, -0.05) is 0 Å². The predicted molar refractivity (Wildman–Crippen MR) is 45.5 cm³/mol. The van der Waals surface area contributed by atoms with E-state index in [9.17, 15) is 4.79 Å². The Kier molecular flexibility index (Phi) is 2.21. The van der Waals surface area contributed by atoms with E-state index < -0.39 is 5.91 Å². The second-order valence-corrected chi connectivity index (χ2v) is 2.88. The molecule has 1 amide bonds. The Labute approximate surface area is 71.8 Å². The van der Waals surface area contributed by atoms with Gasteiger partial charge in [0.1, 0.15) is 0 Å². The maximum absolute atomic E-state index is 10.6. The summed E-state index contributed by atoms with van der Waals surface area (Å²) in [6.07, 6.45) is 3.08. The number of nitrogens with zero attached hydrogens (tertiary/aromatic N) is 1. The zero-order chi connectivity index (χ0) is 7.56. The molecule has 52 valence electrons. The number of pyridine rings is 1. The summed E-state index contributed by atoms with van der Waals surface area (Å²) in [7, 11) is 0. The maximum Gasteiger partial charge on any atom is 0.251 e. The predicted octanol–water partition coefficient (Wildman–Crippen LogP) is 0.785. The van der Waals surface area contributed by atoms with Gasteiger partial charge in [-0.15, -0.1) is 0 Å². The normalized spacial score (nSPS) is 9.30. The molecule has 0 unspecified atom stereocenters. The van der Waals surface area contributed by atoms with E-state index in [1.165, 1.54) is 6.20 Å². The first-order chi connectivity index (χ1) is 4.72. The van der Waals surface area contributed by atoms with E-state index in [0.29, 0.717) is 5.56 Å². The van der Waals surface area contributed by atoms with Crippen molar-refractivity contribution in [2.45, 2.75) is 0 Å². The molecular weight excluding hydrogens is 243 g/mol. The van der Waals surface area contributed by atoms with Gasteiger partial charge in [0, 0.05) is 16.0 Å². The summed E-state index contributed by atoms with van der Waals surface area (Å²) in [5, 5.41) is 0. The van der Waals surface area contributed by atoms with Gasteiger partial charge in [0.25, 0.3) is 5.91 Å². The molecule has 4 heteroatoms. The first kappa shape index (κ1) is 7.46. The van der Waals surface area contributed by atoms with Gasteiger partial charge >= 0.3 is 0 Å². The molecule has 3 nitrogen and oxygen atoms in total. The lowest BCUT2D eigenvalue weighted by Gasteiger charge is -1.95. The highest BCUT2D eigenvalue weighted by atomic mass is 127. The van der Waals surface area contributed by atoms with E-state index in [1.54, 1.807) is 12.3 Å². The second-order valence-electron chi connectivity index (χ2n) is 1.72. The highest BCUT2D eigenvalue weighted by Gasteiger charge is 2.03. The SMILES string of the molecule is NC(=O)c1cnccc1I. The van der Waals surface area contributed by atoms with Crippen LogP contribution in [0.3, 0.4) is 0 Å². The first-order valence-electron chi connectivity index (χ1n) is 2.61. The Bertz CT molecular complexity index is 262. The molecule has 1 aromatic heterocycles. The molecule has 0 saturated carbocycles. The van der Waals surface area contributed by atoms with Gasteiger partial charge in [-0.2, -0.15) is 0 Å². The van der Waals surface area contributed by atoms with Crippen LogP contribution >= 0.6 is 22.6 Å². The summed E-state index contributed by atoms with van der Waals surface area (Å²) in [4.78, 5) is 14.4. The van der Waals surface area contributed by atoms with E-state index in [2.05, 4.69) is 4.98 Å². The van der Waals surface area contributed by atoms with Crippen LogP contribution in [-0.4, -0.2) is 10.9 Å². The average molecular weight is 248 g/mol. The number of aromatic nitrogens is 1. The largest absolute Gasteiger partial charge is 0.366 e. The number of amides is 1. The van der Waals surface area contributed by atoms with Crippen molar-refractivity contribution in [2.24, 2.45) is 5.73 Å². The van der Waals surface area contributed by atoms with Gasteiger partial charge in [0.05, 0.1) is 5.56 Å². The first-order valence-corrected chi connectivity index (χ1v) is 3.69. The smallest absolute Gasteiger partial charge is 0.251 e. The molecule has 2 N–H and O–H groups in total. The topological polar surface area (TPSA) is 56.0 Å². The highest BCUT2D eigenvalue weighted by Crippen LogP contribution is 2.07. The van der Waals surface area contributed by atoms with Gasteiger partial charge in [0.15, 0.2) is 0 Å². The summed E-state index contributed by atoms with van der Waals surface area (Å²) in [5.41, 5.74) is 5.51. The highest BCUT2D eigenvalue weighted by molar-refractivity contribution is 14.1. The van der Waals surface area contributed by atoms with Crippen molar-refractivity contribution in [3.8, 4) is 0 Å². The molecule has 0 bridgehead atoms. The van der Waals surface area contributed by atoms with Crippen molar-refractivity contribution in [2.75, 3.05) is 0 Å². The number of primary amides is 1. The summed E-state index contributed by atoms with van der Waals surface area (Å²) in [5.74, 6) is -0.433. The molecule has 0 aliphatic heterocycles. The fraction of sp³-hybridized carbons (Fsp3) is 0. The Morgan fingerprint density at radius 3 is 2.80 bits per heavy atom. The van der Waals surface area contributed by atoms with Gasteiger partial charge in [-0.3, -0.25) is 9.78 Å². The van der Waals surface area contributed by atoms with Crippen LogP contribution in [0, 0.1) is 3.57 Å². The molecule has 10 heavy (non-hydrogen) atoms. The van der Waals surface area contributed by atoms with Gasteiger partial charge in [-0.25, -0.2) is 0 Å². The average Bonchev–Trinajstić information content (AvgIpc) is 1.88. The molecule has 0 radical (unpaired) electrons. The number of halogens is 1. The molecule has 0 aliphatic rings. The van der Waals surface area contributed by atoms with Gasteiger partial charge < -0.3 is 5.73 Å². The summed E-state index contributed by atoms with van der Waals surface area (Å²) < 4.78 is 0.833. The van der Waals surface area contributed by atoms with Crippen molar-refractivity contribution in [3.05, 3.63) is 27.6 Å². The van der Waals surface area contributed by atoms with Crippen molar-refractivity contribution in [1.29, 1.82) is 0 Å². The number of rotatable bonds is 1. The fourth-order valence-corrected chi connectivity index (χ4v) is 1.12. The van der Waals surface area contributed by atoms with Crippen molar-refractivity contribution < 1.29 is 4.79 Å². The third kappa shape index (κ3) is 1.44. The Hall–Kier alpha value is -0.650. The molecular formula is C6H5IN2O. The number of carbonyl (C=O) groups is 1. The number of nitrogens with two attached hydrogens (primary N) is 1. The molecule has 0 saturated heterocycles. The lowest BCUT2D eigenvalue weighted by Crippen LogP contribution is -2.12. The van der Waals surface area contributed by atoms with E-state index in [4.69, 9.17) is 5.73 Å². The zero-order valence-corrected chi connectivity index (χ0v) is 7.20. The van der Waals surface area contributed by atoms with Crippen LogP contribution in [0.5, 0.6) is 0 Å². The monoisotopic (exact) mass is 248 g/mol. The van der Waals surface area contributed by atoms with Gasteiger partial charge in [-0.05, 0) is 28.7 Å². The number of carbonyl (C=O) groups excluding carboxylic acids is 1. The molecule has 0 fully saturated rings. The van der Waals surface area contributed by atoms with E-state index in [1.807, 2.05) is 22.6 Å². The molecule has 0 aliphatic carbocycles. The standard InChI is InChI=1S/C6H5IN2O/c7-5-1-2-9-3-4(5)6(8)10/h1-3H,(H2,8,10). The third-order valence-electron chi connectivity index (χ3n) is 1.03. The van der Waals surface area contributed by atoms with Crippen LogP contribution in [0.25, 0.3) is 0 Å². The molecule has 1 aromatic rings. The molecule has 1 rings (SSSR count). The van der Waals surface area contributed by atoms with Crippen molar-refractivity contribution >= 4 is 28.5 Å². The van der Waals surface area contributed by atoms with Gasteiger partial charge in [0.2, 0.25) is 0 Å². The second kappa shape index (κ2) is 2.96. The van der Waals surface area contributed by atoms with Crippen molar-refractivity contribution in [1.82, 2.24) is 4.98 Å². The zero-order valence-electron chi connectivity index (χ0n) is 5.04. The fourth-order valence-electron chi connectivity index (χ4n) is 0.559. The molecule has 0 spiro atoms. The van der Waals surface area contributed by atoms with Crippen LogP contribution in [0.1, 0.15) is 10.4 Å². The maximum atomic E-state index is 10.6. The Balaban J connectivity index is 3.15. The number of hydrogen-bond donors (Lipinski definition) is 1. The van der Waals surface area contributed by atoms with Crippen LogP contribution < -0.4 is 5.73 Å². The quantitative estimate of drug-likeness (QED) is 0.747. The number of hydrogen-bond acceptors (Lipinski definition) is 2. The summed E-state index contributed by atoms with van der Waals surface area (Å²) >= 11 is 2.03. The molecule has 1 heterocycles. The minimum absolute atomic E-state index is 0.433. The van der Waals surface area contributed by atoms with Crippen LogP contribution in [0.2, 0.25) is 0 Å². The van der Waals surface area contributed by atoms with Crippen LogP contribution in [0.4, 0.5) is 0 Å². The molecule has 0 aromatic carbocycles. The van der Waals surface area contributed by atoms with Crippen molar-refractivity contribution in [3.63, 3.8) is 0 Å². The third-order valence-corrected chi connectivity index (χ3v) is 1.97. The Morgan fingerprint density at radius 1 is 1.70 bits per heavy atom. The minimum atomic E-state index is -0.433. The van der Waals surface area contributed by atoms with E-state index in [0.717, 1.165) is 3.57 Å². The van der Waals surface area contributed by atoms with E-state index >= 15 is 0 Å². The summed E-state index contributed by atoms with van der Waals surface area (Å²) in [6, 6.07) is 1.74. The molecule has 0 atom stereocenters. The Morgan fingerprint density at radius 2 is 2.40 bits per heavy atom.